The number of aromatic nitrogens is 3. The van der Waals surface area contributed by atoms with Crippen LogP contribution in [0, 0.1) is 5.41 Å². The van der Waals surface area contributed by atoms with E-state index in [2.05, 4.69) is 38.8 Å². The van der Waals surface area contributed by atoms with E-state index < -0.39 is 0 Å². The van der Waals surface area contributed by atoms with Crippen LogP contribution in [-0.2, 0) is 0 Å². The van der Waals surface area contributed by atoms with Crippen LogP contribution in [-0.4, -0.2) is 56.8 Å². The summed E-state index contributed by atoms with van der Waals surface area (Å²) in [6.07, 6.45) is 10.8. The molecule has 2 saturated heterocycles. The van der Waals surface area contributed by atoms with Crippen LogP contribution in [0.5, 0.6) is 0 Å². The second kappa shape index (κ2) is 6.57. The molecule has 0 atom stereocenters. The largest absolute Gasteiger partial charge is 0.323 e. The van der Waals surface area contributed by atoms with Crippen LogP contribution in [0.15, 0.2) is 30.6 Å². The Kier molecular flexibility index (Phi) is 3.86. The number of carbonyl (C=O) groups is 1. The number of amides is 2. The van der Waals surface area contributed by atoms with E-state index in [1.54, 1.807) is 0 Å². The molecule has 3 saturated carbocycles. The van der Waals surface area contributed by atoms with Crippen molar-refractivity contribution in [3.05, 3.63) is 47.5 Å². The van der Waals surface area contributed by atoms with Gasteiger partial charge in [-0.05, 0) is 55.6 Å². The summed E-state index contributed by atoms with van der Waals surface area (Å²) in [6, 6.07) is 9.96. The Bertz CT molecular complexity index is 985. The molecule has 2 aromatic rings. The normalized spacial score (nSPS) is 25.7. The molecule has 1 spiro atoms. The lowest BCUT2D eigenvalue weighted by Gasteiger charge is -2.60. The molecule has 5 fully saturated rings. The molecule has 6 heteroatoms. The molecule has 5 aliphatic rings. The van der Waals surface area contributed by atoms with E-state index in [-0.39, 0.29) is 6.03 Å². The minimum absolute atomic E-state index is 0.244. The van der Waals surface area contributed by atoms with E-state index >= 15 is 0 Å². The summed E-state index contributed by atoms with van der Waals surface area (Å²) >= 11 is 0. The maximum absolute atomic E-state index is 12.9. The third-order valence-corrected chi connectivity index (χ3v) is 8.64. The molecule has 3 heterocycles. The third kappa shape index (κ3) is 3.01. The van der Waals surface area contributed by atoms with Crippen molar-refractivity contribution in [1.82, 2.24) is 24.6 Å². The molecule has 1 aromatic heterocycles. The lowest BCUT2D eigenvalue weighted by Crippen LogP contribution is -2.67. The van der Waals surface area contributed by atoms with Gasteiger partial charge in [0.1, 0.15) is 6.33 Å². The molecule has 0 radical (unpaired) electrons. The molecule has 3 aliphatic carbocycles. The summed E-state index contributed by atoms with van der Waals surface area (Å²) in [5.41, 5.74) is 3.24. The van der Waals surface area contributed by atoms with Crippen LogP contribution in [0.3, 0.4) is 0 Å². The van der Waals surface area contributed by atoms with Crippen LogP contribution in [0.25, 0.3) is 0 Å². The highest BCUT2D eigenvalue weighted by Crippen LogP contribution is 2.54. The number of likely N-dealkylation sites (tertiary alicyclic amines) is 2. The van der Waals surface area contributed by atoms with E-state index in [0.717, 1.165) is 50.8 Å². The van der Waals surface area contributed by atoms with Crippen molar-refractivity contribution in [2.45, 2.75) is 68.7 Å². The van der Waals surface area contributed by atoms with E-state index in [0.29, 0.717) is 23.3 Å². The molecular formula is C25H31N5O. The van der Waals surface area contributed by atoms with Gasteiger partial charge in [0.05, 0.1) is 6.04 Å². The first-order valence-electron chi connectivity index (χ1n) is 12.2. The molecule has 0 bridgehead atoms. The molecule has 31 heavy (non-hydrogen) atoms. The van der Waals surface area contributed by atoms with Crippen LogP contribution < -0.4 is 0 Å². The summed E-state index contributed by atoms with van der Waals surface area (Å²) < 4.78 is 2.08. The summed E-state index contributed by atoms with van der Waals surface area (Å²) in [5, 5.41) is 4.70. The number of benzene rings is 1. The van der Waals surface area contributed by atoms with E-state index in [4.69, 9.17) is 5.10 Å². The second-order valence-corrected chi connectivity index (χ2v) is 11.0. The van der Waals surface area contributed by atoms with Gasteiger partial charge >= 0.3 is 6.03 Å². The maximum atomic E-state index is 12.9. The molecular weight excluding hydrogens is 386 g/mol. The Labute approximate surface area is 183 Å². The summed E-state index contributed by atoms with van der Waals surface area (Å²) in [6.45, 7) is 3.58. The summed E-state index contributed by atoms with van der Waals surface area (Å²) in [4.78, 5) is 21.4. The highest BCUT2D eigenvalue weighted by molar-refractivity contribution is 5.77. The Morgan fingerprint density at radius 1 is 0.871 bits per heavy atom. The van der Waals surface area contributed by atoms with Crippen molar-refractivity contribution in [2.75, 3.05) is 26.2 Å². The average Bonchev–Trinajstić information content (AvgIpc) is 3.36. The van der Waals surface area contributed by atoms with Gasteiger partial charge in [-0.25, -0.2) is 14.5 Å². The van der Waals surface area contributed by atoms with Gasteiger partial charge in [-0.3, -0.25) is 0 Å². The fraction of sp³-hybridized carbons (Fsp3) is 0.640. The van der Waals surface area contributed by atoms with Crippen molar-refractivity contribution in [2.24, 2.45) is 5.41 Å². The van der Waals surface area contributed by atoms with Gasteiger partial charge in [-0.1, -0.05) is 30.7 Å². The first-order valence-corrected chi connectivity index (χ1v) is 12.2. The molecule has 2 amide bonds. The van der Waals surface area contributed by atoms with E-state index in [9.17, 15) is 4.79 Å². The minimum Gasteiger partial charge on any atom is -0.323 e. The molecule has 7 rings (SSSR count). The molecule has 1 aromatic carbocycles. The number of urea groups is 1. The maximum Gasteiger partial charge on any atom is 0.320 e. The quantitative estimate of drug-likeness (QED) is 0.746. The zero-order valence-electron chi connectivity index (χ0n) is 18.1. The van der Waals surface area contributed by atoms with Crippen LogP contribution >= 0.6 is 0 Å². The Morgan fingerprint density at radius 2 is 1.55 bits per heavy atom. The van der Waals surface area contributed by atoms with Gasteiger partial charge in [0.2, 0.25) is 0 Å². The zero-order valence-corrected chi connectivity index (χ0v) is 18.1. The summed E-state index contributed by atoms with van der Waals surface area (Å²) in [7, 11) is 0. The van der Waals surface area contributed by atoms with Gasteiger partial charge in [0.25, 0.3) is 0 Å². The monoisotopic (exact) mass is 417 g/mol. The van der Waals surface area contributed by atoms with Gasteiger partial charge in [0, 0.05) is 43.4 Å². The molecule has 0 N–H and O–H groups in total. The van der Waals surface area contributed by atoms with Crippen molar-refractivity contribution in [3.63, 3.8) is 0 Å². The Morgan fingerprint density at radius 3 is 2.16 bits per heavy atom. The predicted molar refractivity (Wildman–Crippen MR) is 117 cm³/mol. The highest BCUT2D eigenvalue weighted by atomic mass is 16.2. The number of carbonyl (C=O) groups excluding carboxylic acids is 1. The summed E-state index contributed by atoms with van der Waals surface area (Å²) in [5.74, 6) is 2.96. The molecule has 162 valence electrons. The number of hydrogen-bond donors (Lipinski definition) is 0. The van der Waals surface area contributed by atoms with Crippen molar-refractivity contribution in [3.8, 4) is 0 Å². The van der Waals surface area contributed by atoms with Gasteiger partial charge in [0.15, 0.2) is 5.82 Å². The zero-order chi connectivity index (χ0) is 20.6. The van der Waals surface area contributed by atoms with Gasteiger partial charge in [-0.15, -0.1) is 0 Å². The van der Waals surface area contributed by atoms with Gasteiger partial charge < -0.3 is 9.80 Å². The number of rotatable bonds is 4. The lowest BCUT2D eigenvalue weighted by atomic mass is 9.61. The lowest BCUT2D eigenvalue weighted by molar-refractivity contribution is -0.0771. The van der Waals surface area contributed by atoms with Crippen molar-refractivity contribution in [1.29, 1.82) is 0 Å². The second-order valence-electron chi connectivity index (χ2n) is 11.0. The van der Waals surface area contributed by atoms with E-state index in [1.807, 2.05) is 11.2 Å². The van der Waals surface area contributed by atoms with Crippen LogP contribution in [0.4, 0.5) is 4.79 Å². The van der Waals surface area contributed by atoms with Gasteiger partial charge in [-0.2, -0.15) is 5.10 Å². The molecule has 2 aliphatic heterocycles. The Hall–Kier alpha value is -2.37. The fourth-order valence-corrected chi connectivity index (χ4v) is 6.10. The first-order chi connectivity index (χ1) is 15.2. The van der Waals surface area contributed by atoms with Crippen LogP contribution in [0.1, 0.15) is 85.7 Å². The van der Waals surface area contributed by atoms with Crippen molar-refractivity contribution >= 4 is 6.03 Å². The van der Waals surface area contributed by atoms with Crippen molar-refractivity contribution < 1.29 is 4.79 Å². The first kappa shape index (κ1) is 18.2. The predicted octanol–water partition coefficient (Wildman–Crippen LogP) is 4.28. The minimum atomic E-state index is 0.244. The molecule has 6 nitrogen and oxygen atoms in total. The SMILES string of the molecule is O=C(N1CC(c2ccc(C3CCC3)cc2)C1)N1CC2(CC(n3cnc(C4CC4)n3)C2)C1. The number of nitrogens with zero attached hydrogens (tertiary/aromatic N) is 5. The molecule has 0 unspecified atom stereocenters. The fourth-order valence-electron chi connectivity index (χ4n) is 6.10. The smallest absolute Gasteiger partial charge is 0.320 e. The van der Waals surface area contributed by atoms with Crippen LogP contribution in [0.2, 0.25) is 0 Å². The standard InChI is InChI=1S/C25H31N5O/c31-24(28-12-21(13-28)19-6-4-18(5-7-19)17-2-1-3-17)29-14-25(15-29)10-22(11-25)30-16-26-23(27-30)20-8-9-20/h4-7,16-17,20-22H,1-3,8-15H2. The average molecular weight is 418 g/mol. The van der Waals surface area contributed by atoms with E-state index in [1.165, 1.54) is 43.2 Å². The highest BCUT2D eigenvalue weighted by Gasteiger charge is 2.55. The Balaban J connectivity index is 0.885. The number of hydrogen-bond acceptors (Lipinski definition) is 3. The third-order valence-electron chi connectivity index (χ3n) is 8.64. The topological polar surface area (TPSA) is 54.3 Å².